The summed E-state index contributed by atoms with van der Waals surface area (Å²) in [7, 11) is 0. The van der Waals surface area contributed by atoms with E-state index in [1.165, 1.54) is 16.0 Å². The van der Waals surface area contributed by atoms with E-state index in [1.807, 2.05) is 41.8 Å². The van der Waals surface area contributed by atoms with E-state index < -0.39 is 0 Å². The molecule has 104 valence electrons. The largest absolute Gasteiger partial charge is 0.273 e. The summed E-state index contributed by atoms with van der Waals surface area (Å²) in [4.78, 5) is 5.58. The summed E-state index contributed by atoms with van der Waals surface area (Å²) in [5.41, 5.74) is 5.39. The van der Waals surface area contributed by atoms with Gasteiger partial charge in [0.25, 0.3) is 0 Å². The summed E-state index contributed by atoms with van der Waals surface area (Å²) in [5, 5.41) is 5.96. The quantitative estimate of drug-likeness (QED) is 0.593. The van der Waals surface area contributed by atoms with Crippen molar-refractivity contribution in [1.29, 1.82) is 0 Å². The molecule has 0 unspecified atom stereocenters. The van der Waals surface area contributed by atoms with Crippen molar-refractivity contribution in [1.82, 2.24) is 9.99 Å². The lowest BCUT2D eigenvalue weighted by Gasteiger charge is -2.15. The minimum Gasteiger partial charge on any atom is -0.273 e. The Bertz CT molecular complexity index is 587. The molecule has 0 spiro atoms. The van der Waals surface area contributed by atoms with E-state index in [9.17, 15) is 0 Å². The van der Waals surface area contributed by atoms with Gasteiger partial charge in [-0.2, -0.15) is 5.10 Å². The molecule has 0 N–H and O–H groups in total. The van der Waals surface area contributed by atoms with E-state index in [0.29, 0.717) is 0 Å². The van der Waals surface area contributed by atoms with Crippen LogP contribution in [0.2, 0.25) is 0 Å². The van der Waals surface area contributed by atoms with E-state index in [0.717, 1.165) is 18.7 Å². The Morgan fingerprint density at radius 1 is 1.40 bits per heavy atom. The predicted molar refractivity (Wildman–Crippen MR) is 86.9 cm³/mol. The van der Waals surface area contributed by atoms with Crippen molar-refractivity contribution in [2.24, 2.45) is 5.10 Å². The predicted octanol–water partition coefficient (Wildman–Crippen LogP) is 3.97. The summed E-state index contributed by atoms with van der Waals surface area (Å²) in [6, 6.07) is 10.3. The summed E-state index contributed by atoms with van der Waals surface area (Å²) >= 11 is 1.70. The molecule has 0 atom stereocenters. The molecule has 1 aromatic carbocycles. The van der Waals surface area contributed by atoms with Crippen LogP contribution in [-0.4, -0.2) is 23.3 Å². The van der Waals surface area contributed by atoms with Gasteiger partial charge in [0.15, 0.2) is 0 Å². The maximum atomic E-state index is 4.27. The van der Waals surface area contributed by atoms with Gasteiger partial charge < -0.3 is 0 Å². The zero-order chi connectivity index (χ0) is 14.4. The minimum absolute atomic E-state index is 0.816. The van der Waals surface area contributed by atoms with Gasteiger partial charge in [0.2, 0.25) is 0 Å². The number of benzene rings is 1. The monoisotopic (exact) mass is 285 g/mol. The van der Waals surface area contributed by atoms with Gasteiger partial charge in [0.1, 0.15) is 0 Å². The van der Waals surface area contributed by atoms with Gasteiger partial charge in [-0.15, -0.1) is 11.3 Å². The fourth-order valence-electron chi connectivity index (χ4n) is 1.96. The molecule has 0 radical (unpaired) electrons. The van der Waals surface area contributed by atoms with Gasteiger partial charge in [-0.3, -0.25) is 5.01 Å². The molecule has 1 aromatic heterocycles. The lowest BCUT2D eigenvalue weighted by molar-refractivity contribution is 0.409. The van der Waals surface area contributed by atoms with Gasteiger partial charge in [-0.25, -0.2) is 4.98 Å². The highest BCUT2D eigenvalue weighted by molar-refractivity contribution is 7.09. The summed E-state index contributed by atoms with van der Waals surface area (Å²) in [5.74, 6) is 0. The SMILES string of the molecule is C=NN(/C=C(\C)c1ccccc1)CCc1scnc1C. The molecule has 0 saturated carbocycles. The fraction of sp³-hybridized carbons (Fsp3) is 0.250. The highest BCUT2D eigenvalue weighted by Crippen LogP contribution is 2.16. The van der Waals surface area contributed by atoms with Crippen molar-refractivity contribution >= 4 is 23.6 Å². The van der Waals surface area contributed by atoms with Crippen LogP contribution in [0, 0.1) is 6.92 Å². The van der Waals surface area contributed by atoms with Crippen molar-refractivity contribution in [2.45, 2.75) is 20.3 Å². The lowest BCUT2D eigenvalue weighted by atomic mass is 10.1. The molecule has 3 nitrogen and oxygen atoms in total. The first-order valence-corrected chi connectivity index (χ1v) is 7.44. The van der Waals surface area contributed by atoms with Crippen LogP contribution in [-0.2, 0) is 6.42 Å². The van der Waals surface area contributed by atoms with Gasteiger partial charge in [-0.05, 0) is 25.0 Å². The number of hydrogen-bond acceptors (Lipinski definition) is 4. The summed E-state index contributed by atoms with van der Waals surface area (Å²) < 4.78 is 0. The molecular formula is C16H19N3S. The molecule has 0 aliphatic heterocycles. The molecular weight excluding hydrogens is 266 g/mol. The van der Waals surface area contributed by atoms with Crippen LogP contribution in [0.4, 0.5) is 0 Å². The number of aryl methyl sites for hydroxylation is 1. The summed E-state index contributed by atoms with van der Waals surface area (Å²) in [6.07, 6.45) is 2.98. The van der Waals surface area contributed by atoms with Crippen molar-refractivity contribution in [3.8, 4) is 0 Å². The van der Waals surface area contributed by atoms with E-state index in [2.05, 4.69) is 35.9 Å². The third-order valence-corrected chi connectivity index (χ3v) is 4.16. The molecule has 0 aliphatic carbocycles. The van der Waals surface area contributed by atoms with Crippen LogP contribution in [0.1, 0.15) is 23.1 Å². The molecule has 0 fully saturated rings. The van der Waals surface area contributed by atoms with Crippen LogP contribution in [0.5, 0.6) is 0 Å². The van der Waals surface area contributed by atoms with Crippen LogP contribution >= 0.6 is 11.3 Å². The first-order chi connectivity index (χ1) is 9.70. The zero-order valence-corrected chi connectivity index (χ0v) is 12.7. The third-order valence-electron chi connectivity index (χ3n) is 3.17. The number of hydrazone groups is 1. The maximum absolute atomic E-state index is 4.27. The summed E-state index contributed by atoms with van der Waals surface area (Å²) in [6.45, 7) is 8.60. The highest BCUT2D eigenvalue weighted by atomic mass is 32.1. The molecule has 0 amide bonds. The minimum atomic E-state index is 0.816. The van der Waals surface area contributed by atoms with Crippen LogP contribution in [0.15, 0.2) is 47.1 Å². The normalized spacial score (nSPS) is 11.4. The number of rotatable bonds is 6. The van der Waals surface area contributed by atoms with Crippen molar-refractivity contribution in [3.63, 3.8) is 0 Å². The van der Waals surface area contributed by atoms with E-state index in [4.69, 9.17) is 0 Å². The van der Waals surface area contributed by atoms with Gasteiger partial charge in [-0.1, -0.05) is 30.3 Å². The Labute approximate surface area is 124 Å². The molecule has 20 heavy (non-hydrogen) atoms. The second kappa shape index (κ2) is 7.01. The topological polar surface area (TPSA) is 28.5 Å². The fourth-order valence-corrected chi connectivity index (χ4v) is 2.73. The van der Waals surface area contributed by atoms with Gasteiger partial charge in [0.05, 0.1) is 11.2 Å². The smallest absolute Gasteiger partial charge is 0.0797 e. The number of thiazole rings is 1. The first kappa shape index (κ1) is 14.5. The van der Waals surface area contributed by atoms with E-state index >= 15 is 0 Å². The average Bonchev–Trinajstić information content (AvgIpc) is 2.89. The number of allylic oxidation sites excluding steroid dienone is 1. The highest BCUT2D eigenvalue weighted by Gasteiger charge is 2.04. The molecule has 0 saturated heterocycles. The van der Waals surface area contributed by atoms with Crippen LogP contribution in [0.3, 0.4) is 0 Å². The Morgan fingerprint density at radius 2 is 2.15 bits per heavy atom. The van der Waals surface area contributed by atoms with Crippen LogP contribution < -0.4 is 0 Å². The Kier molecular flexibility index (Phi) is 5.07. The second-order valence-electron chi connectivity index (χ2n) is 4.59. The zero-order valence-electron chi connectivity index (χ0n) is 11.9. The Morgan fingerprint density at radius 3 is 2.75 bits per heavy atom. The number of nitrogens with zero attached hydrogens (tertiary/aromatic N) is 3. The molecule has 2 aromatic rings. The lowest BCUT2D eigenvalue weighted by Crippen LogP contribution is -2.13. The number of hydrogen-bond donors (Lipinski definition) is 0. The van der Waals surface area contributed by atoms with E-state index in [1.54, 1.807) is 11.3 Å². The standard InChI is InChI=1S/C16H19N3S/c1-13(15-7-5-4-6-8-15)11-19(17-3)10-9-16-14(2)18-12-20-16/h4-8,11-12H,3,9-10H2,1-2H3/b13-11+. The van der Waals surface area contributed by atoms with Crippen molar-refractivity contribution < 1.29 is 0 Å². The molecule has 4 heteroatoms. The van der Waals surface area contributed by atoms with Gasteiger partial charge >= 0.3 is 0 Å². The molecule has 1 heterocycles. The first-order valence-electron chi connectivity index (χ1n) is 6.57. The average molecular weight is 285 g/mol. The molecule has 0 aliphatic rings. The van der Waals surface area contributed by atoms with Crippen molar-refractivity contribution in [2.75, 3.05) is 6.54 Å². The van der Waals surface area contributed by atoms with Crippen molar-refractivity contribution in [3.05, 3.63) is 58.2 Å². The second-order valence-corrected chi connectivity index (χ2v) is 5.53. The molecule has 0 bridgehead atoms. The number of aromatic nitrogens is 1. The van der Waals surface area contributed by atoms with E-state index in [-0.39, 0.29) is 0 Å². The Balaban J connectivity index is 2.02. The third kappa shape index (κ3) is 3.78. The maximum Gasteiger partial charge on any atom is 0.0797 e. The molecule has 2 rings (SSSR count). The van der Waals surface area contributed by atoms with Crippen LogP contribution in [0.25, 0.3) is 5.57 Å². The van der Waals surface area contributed by atoms with Gasteiger partial charge in [0, 0.05) is 30.8 Å². The Hall–Kier alpha value is -1.94.